The highest BCUT2D eigenvalue weighted by atomic mass is 32.2. The number of anilines is 2. The number of amides is 1. The number of carbonyl (C=O) groups excluding carboxylic acids is 1. The molecule has 0 aliphatic rings. The first-order chi connectivity index (χ1) is 14.0. The smallest absolute Gasteiger partial charge is 0.330 e. The van der Waals surface area contributed by atoms with Gasteiger partial charge in [0.15, 0.2) is 5.69 Å². The van der Waals surface area contributed by atoms with E-state index in [-0.39, 0.29) is 30.4 Å². The highest BCUT2D eigenvalue weighted by Gasteiger charge is 2.20. The predicted octanol–water partition coefficient (Wildman–Crippen LogP) is 2.31. The molecule has 0 aliphatic heterocycles. The second-order valence-corrected chi connectivity index (χ2v) is 7.60. The zero-order valence-electron chi connectivity index (χ0n) is 16.0. The van der Waals surface area contributed by atoms with Crippen LogP contribution in [-0.4, -0.2) is 28.3 Å². The number of thioether (sulfide) groups is 1. The first-order valence-corrected chi connectivity index (χ1v) is 10.1. The number of nitrogen functional groups attached to an aromatic ring is 1. The van der Waals surface area contributed by atoms with Crippen LogP contribution in [0.4, 0.5) is 11.5 Å². The van der Waals surface area contributed by atoms with Crippen LogP contribution in [0.2, 0.25) is 0 Å². The zero-order valence-corrected chi connectivity index (χ0v) is 16.8. The fourth-order valence-electron chi connectivity index (χ4n) is 2.89. The molecule has 29 heavy (non-hydrogen) atoms. The minimum absolute atomic E-state index is 0.0183. The highest BCUT2D eigenvalue weighted by molar-refractivity contribution is 7.99. The van der Waals surface area contributed by atoms with Crippen LogP contribution in [0.1, 0.15) is 12.0 Å². The Morgan fingerprint density at radius 1 is 1.07 bits per heavy atom. The second-order valence-electron chi connectivity index (χ2n) is 6.43. The first kappa shape index (κ1) is 20.5. The summed E-state index contributed by atoms with van der Waals surface area (Å²) in [6, 6.07) is 19.0. The van der Waals surface area contributed by atoms with Crippen LogP contribution in [0.15, 0.2) is 75.1 Å². The van der Waals surface area contributed by atoms with Gasteiger partial charge in [0.1, 0.15) is 5.82 Å². The zero-order chi connectivity index (χ0) is 20.8. The third kappa shape index (κ3) is 4.97. The topological polar surface area (TPSA) is 101 Å². The van der Waals surface area contributed by atoms with Crippen LogP contribution in [0.5, 0.6) is 0 Å². The molecule has 1 amide bonds. The molecule has 2 aromatic carbocycles. The lowest BCUT2D eigenvalue weighted by Crippen LogP contribution is -2.39. The molecular formula is C21H22N4O3S. The van der Waals surface area contributed by atoms with Crippen molar-refractivity contribution in [3.63, 3.8) is 0 Å². The van der Waals surface area contributed by atoms with Crippen LogP contribution >= 0.6 is 11.8 Å². The number of rotatable bonds is 7. The van der Waals surface area contributed by atoms with Crippen molar-refractivity contribution in [1.82, 2.24) is 9.55 Å². The second kappa shape index (κ2) is 9.29. The summed E-state index contributed by atoms with van der Waals surface area (Å²) in [4.78, 5) is 41.8. The van der Waals surface area contributed by atoms with Crippen molar-refractivity contribution in [3.05, 3.63) is 87.1 Å². The molecule has 150 valence electrons. The summed E-state index contributed by atoms with van der Waals surface area (Å²) in [6.45, 7) is 0.196. The van der Waals surface area contributed by atoms with Crippen molar-refractivity contribution >= 4 is 29.2 Å². The SMILES string of the molecule is CN(C(=O)CCSc1ccccc1)c1c(N)n(Cc2ccccc2)c(=O)[nH]c1=O. The van der Waals surface area contributed by atoms with Gasteiger partial charge in [-0.1, -0.05) is 48.5 Å². The van der Waals surface area contributed by atoms with Gasteiger partial charge in [0.2, 0.25) is 5.91 Å². The molecular weight excluding hydrogens is 388 g/mol. The number of aromatic amines is 1. The fraction of sp³-hybridized carbons (Fsp3) is 0.190. The lowest BCUT2D eigenvalue weighted by molar-refractivity contribution is -0.117. The Balaban J connectivity index is 1.78. The van der Waals surface area contributed by atoms with E-state index in [1.54, 1.807) is 11.8 Å². The standard InChI is InChI=1S/C21H22N4O3S/c1-24(17(26)12-13-29-16-10-6-3-7-11-16)18-19(22)25(21(28)23-20(18)27)14-15-8-4-2-5-9-15/h2-11H,12-14,22H2,1H3,(H,23,27,28). The number of nitrogens with one attached hydrogen (secondary N) is 1. The molecule has 0 spiro atoms. The van der Waals surface area contributed by atoms with Crippen molar-refractivity contribution in [2.75, 3.05) is 23.4 Å². The van der Waals surface area contributed by atoms with Crippen molar-refractivity contribution in [2.24, 2.45) is 0 Å². The van der Waals surface area contributed by atoms with E-state index in [0.29, 0.717) is 5.75 Å². The molecule has 0 radical (unpaired) electrons. The van der Waals surface area contributed by atoms with Gasteiger partial charge in [-0.25, -0.2) is 4.79 Å². The van der Waals surface area contributed by atoms with Gasteiger partial charge in [-0.15, -0.1) is 11.8 Å². The number of nitrogens with two attached hydrogens (primary N) is 1. The van der Waals surface area contributed by atoms with E-state index in [2.05, 4.69) is 4.98 Å². The third-order valence-corrected chi connectivity index (χ3v) is 5.45. The molecule has 3 N–H and O–H groups in total. The Morgan fingerprint density at radius 3 is 2.34 bits per heavy atom. The van der Waals surface area contributed by atoms with Crippen LogP contribution in [-0.2, 0) is 11.3 Å². The number of nitrogens with zero attached hydrogens (tertiary/aromatic N) is 2. The molecule has 3 rings (SSSR count). The molecule has 8 heteroatoms. The number of benzene rings is 2. The van der Waals surface area contributed by atoms with Gasteiger partial charge in [-0.2, -0.15) is 0 Å². The largest absolute Gasteiger partial charge is 0.383 e. The quantitative estimate of drug-likeness (QED) is 0.582. The molecule has 3 aromatic rings. The first-order valence-electron chi connectivity index (χ1n) is 9.08. The molecule has 0 saturated carbocycles. The van der Waals surface area contributed by atoms with Crippen LogP contribution in [0.25, 0.3) is 0 Å². The number of H-pyrrole nitrogens is 1. The van der Waals surface area contributed by atoms with E-state index in [1.165, 1.54) is 16.5 Å². The summed E-state index contributed by atoms with van der Waals surface area (Å²) in [5.74, 6) is 0.277. The summed E-state index contributed by atoms with van der Waals surface area (Å²) >= 11 is 1.56. The van der Waals surface area contributed by atoms with Crippen molar-refractivity contribution < 1.29 is 4.79 Å². The fourth-order valence-corrected chi connectivity index (χ4v) is 3.75. The molecule has 7 nitrogen and oxygen atoms in total. The maximum atomic E-state index is 12.6. The van der Waals surface area contributed by atoms with Gasteiger partial charge < -0.3 is 10.6 Å². The van der Waals surface area contributed by atoms with Gasteiger partial charge in [0, 0.05) is 24.1 Å². The molecule has 0 unspecified atom stereocenters. The normalized spacial score (nSPS) is 10.7. The minimum Gasteiger partial charge on any atom is -0.383 e. The summed E-state index contributed by atoms with van der Waals surface area (Å²) in [6.07, 6.45) is 0.229. The molecule has 1 aromatic heterocycles. The summed E-state index contributed by atoms with van der Waals surface area (Å²) in [5, 5.41) is 0. The Hall–Kier alpha value is -3.26. The summed E-state index contributed by atoms with van der Waals surface area (Å²) < 4.78 is 1.26. The number of aromatic nitrogens is 2. The van der Waals surface area contributed by atoms with Crippen LogP contribution < -0.4 is 21.9 Å². The molecule has 0 aliphatic carbocycles. The van der Waals surface area contributed by atoms with Crippen LogP contribution in [0.3, 0.4) is 0 Å². The summed E-state index contributed by atoms with van der Waals surface area (Å²) in [7, 11) is 1.49. The Kier molecular flexibility index (Phi) is 6.56. The lowest BCUT2D eigenvalue weighted by atomic mass is 10.2. The van der Waals surface area contributed by atoms with E-state index in [0.717, 1.165) is 10.5 Å². The summed E-state index contributed by atoms with van der Waals surface area (Å²) in [5.41, 5.74) is 5.68. The molecule has 0 saturated heterocycles. The van der Waals surface area contributed by atoms with Gasteiger partial charge in [0.25, 0.3) is 5.56 Å². The van der Waals surface area contributed by atoms with Gasteiger partial charge in [-0.05, 0) is 17.7 Å². The van der Waals surface area contributed by atoms with Gasteiger partial charge in [-0.3, -0.25) is 19.1 Å². The number of hydrogen-bond acceptors (Lipinski definition) is 5. The maximum absolute atomic E-state index is 12.6. The monoisotopic (exact) mass is 410 g/mol. The Bertz CT molecular complexity index is 1090. The number of hydrogen-bond donors (Lipinski definition) is 2. The Labute approximate surface area is 172 Å². The average molecular weight is 410 g/mol. The van der Waals surface area contributed by atoms with Crippen molar-refractivity contribution in [3.8, 4) is 0 Å². The predicted molar refractivity (Wildman–Crippen MR) is 116 cm³/mol. The van der Waals surface area contributed by atoms with E-state index >= 15 is 0 Å². The average Bonchev–Trinajstić information content (AvgIpc) is 2.72. The van der Waals surface area contributed by atoms with Crippen molar-refractivity contribution in [2.45, 2.75) is 17.9 Å². The van der Waals surface area contributed by atoms with E-state index in [1.807, 2.05) is 60.7 Å². The lowest BCUT2D eigenvalue weighted by Gasteiger charge is -2.20. The maximum Gasteiger partial charge on any atom is 0.330 e. The van der Waals surface area contributed by atoms with Gasteiger partial charge in [0.05, 0.1) is 6.54 Å². The molecule has 0 bridgehead atoms. The van der Waals surface area contributed by atoms with Gasteiger partial charge >= 0.3 is 5.69 Å². The third-order valence-electron chi connectivity index (χ3n) is 4.43. The van der Waals surface area contributed by atoms with Crippen molar-refractivity contribution in [1.29, 1.82) is 0 Å². The number of carbonyl (C=O) groups is 1. The minimum atomic E-state index is -0.677. The van der Waals surface area contributed by atoms with Crippen LogP contribution in [0, 0.1) is 0 Å². The molecule has 0 fully saturated rings. The molecule has 0 atom stereocenters. The van der Waals surface area contributed by atoms with E-state index in [4.69, 9.17) is 5.73 Å². The highest BCUT2D eigenvalue weighted by Crippen LogP contribution is 2.20. The molecule has 1 heterocycles. The van der Waals surface area contributed by atoms with E-state index < -0.39 is 11.2 Å². The Morgan fingerprint density at radius 2 is 1.69 bits per heavy atom. The van der Waals surface area contributed by atoms with E-state index in [9.17, 15) is 14.4 Å².